The lowest BCUT2D eigenvalue weighted by Gasteiger charge is -2.01. The highest BCUT2D eigenvalue weighted by atomic mass is 16.3. The van der Waals surface area contributed by atoms with Gasteiger partial charge in [-0.15, -0.1) is 0 Å². The highest BCUT2D eigenvalue weighted by molar-refractivity contribution is 5.59. The van der Waals surface area contributed by atoms with Crippen LogP contribution in [0.4, 0.5) is 0 Å². The highest BCUT2D eigenvalue weighted by Gasteiger charge is 2.05. The summed E-state index contributed by atoms with van der Waals surface area (Å²) < 4.78 is 0. The second-order valence-corrected chi connectivity index (χ2v) is 2.11. The maximum atomic E-state index is 8.95. The van der Waals surface area contributed by atoms with E-state index in [2.05, 4.69) is 6.58 Å². The van der Waals surface area contributed by atoms with Gasteiger partial charge in [-0.1, -0.05) is 12.7 Å². The van der Waals surface area contributed by atoms with Crippen LogP contribution in [0.15, 0.2) is 18.7 Å². The number of hydrogen-bond acceptors (Lipinski definition) is 3. The van der Waals surface area contributed by atoms with Crippen molar-refractivity contribution in [2.75, 3.05) is 0 Å². The minimum Gasteiger partial charge on any atom is -0.504 e. The fraction of sp³-hybridized carbons (Fsp3) is 0. The topological polar surface area (TPSA) is 60.7 Å². The number of hydrogen-bond donors (Lipinski definition) is 3. The highest BCUT2D eigenvalue weighted by Crippen LogP contribution is 2.35. The van der Waals surface area contributed by atoms with Crippen molar-refractivity contribution in [2.45, 2.75) is 0 Å². The average molecular weight is 152 g/mol. The molecule has 0 aliphatic rings. The molecule has 1 aromatic carbocycles. The lowest BCUT2D eigenvalue weighted by atomic mass is 10.2. The molecular weight excluding hydrogens is 144 g/mol. The first-order valence-electron chi connectivity index (χ1n) is 3.02. The molecule has 0 amide bonds. The molecule has 0 unspecified atom stereocenters. The van der Waals surface area contributed by atoms with Crippen LogP contribution in [0.5, 0.6) is 17.2 Å². The van der Waals surface area contributed by atoms with E-state index in [0.29, 0.717) is 5.56 Å². The molecule has 3 heteroatoms. The van der Waals surface area contributed by atoms with E-state index in [1.165, 1.54) is 18.2 Å². The van der Waals surface area contributed by atoms with E-state index in [1.54, 1.807) is 0 Å². The van der Waals surface area contributed by atoms with Crippen molar-refractivity contribution >= 4 is 6.08 Å². The van der Waals surface area contributed by atoms with Gasteiger partial charge in [-0.3, -0.25) is 0 Å². The van der Waals surface area contributed by atoms with Crippen LogP contribution in [0.25, 0.3) is 6.08 Å². The molecule has 0 aromatic heterocycles. The maximum Gasteiger partial charge on any atom is 0.200 e. The lowest BCUT2D eigenvalue weighted by molar-refractivity contribution is 0.368. The predicted molar refractivity (Wildman–Crippen MR) is 41.5 cm³/mol. The summed E-state index contributed by atoms with van der Waals surface area (Å²) in [5, 5.41) is 26.8. The molecule has 1 rings (SSSR count). The maximum absolute atomic E-state index is 8.95. The third-order valence-electron chi connectivity index (χ3n) is 1.33. The van der Waals surface area contributed by atoms with Crippen LogP contribution >= 0.6 is 0 Å². The van der Waals surface area contributed by atoms with Crippen LogP contribution in [0.2, 0.25) is 0 Å². The Balaban J connectivity index is 3.31. The Bertz CT molecular complexity index is 268. The van der Waals surface area contributed by atoms with Gasteiger partial charge in [-0.25, -0.2) is 0 Å². The smallest absolute Gasteiger partial charge is 0.200 e. The van der Waals surface area contributed by atoms with Crippen LogP contribution in [0.1, 0.15) is 5.56 Å². The zero-order chi connectivity index (χ0) is 8.43. The van der Waals surface area contributed by atoms with Gasteiger partial charge < -0.3 is 15.3 Å². The summed E-state index contributed by atoms with van der Waals surface area (Å²) in [5.41, 5.74) is 0.554. The molecule has 0 spiro atoms. The van der Waals surface area contributed by atoms with Gasteiger partial charge in [0, 0.05) is 0 Å². The molecule has 3 N–H and O–H groups in total. The van der Waals surface area contributed by atoms with Gasteiger partial charge in [0.2, 0.25) is 0 Å². The fourth-order valence-electron chi connectivity index (χ4n) is 0.743. The SMILES string of the molecule is C=Cc1cc(O)c(O)c(O)c1. The van der Waals surface area contributed by atoms with Crippen molar-refractivity contribution in [1.82, 2.24) is 0 Å². The lowest BCUT2D eigenvalue weighted by Crippen LogP contribution is -1.74. The first-order chi connectivity index (χ1) is 5.15. The third-order valence-corrected chi connectivity index (χ3v) is 1.33. The number of aromatic hydroxyl groups is 3. The van der Waals surface area contributed by atoms with Gasteiger partial charge in [0.1, 0.15) is 0 Å². The summed E-state index contributed by atoms with van der Waals surface area (Å²) >= 11 is 0. The summed E-state index contributed by atoms with van der Waals surface area (Å²) in [7, 11) is 0. The quantitative estimate of drug-likeness (QED) is 0.533. The first-order valence-corrected chi connectivity index (χ1v) is 3.02. The van der Waals surface area contributed by atoms with Gasteiger partial charge in [0.15, 0.2) is 17.2 Å². The van der Waals surface area contributed by atoms with E-state index in [0.717, 1.165) is 0 Å². The van der Waals surface area contributed by atoms with E-state index in [9.17, 15) is 0 Å². The van der Waals surface area contributed by atoms with Gasteiger partial charge in [-0.2, -0.15) is 0 Å². The normalized spacial score (nSPS) is 9.45. The summed E-state index contributed by atoms with van der Waals surface area (Å²) in [6.45, 7) is 3.44. The molecule has 1 aromatic rings. The second kappa shape index (κ2) is 2.54. The summed E-state index contributed by atoms with van der Waals surface area (Å²) in [6, 6.07) is 2.62. The van der Waals surface area contributed by atoms with E-state index in [1.807, 2.05) is 0 Å². The standard InChI is InChI=1S/C8H8O3/c1-2-5-3-6(9)8(11)7(10)4-5/h2-4,9-11H,1H2. The van der Waals surface area contributed by atoms with E-state index < -0.39 is 5.75 Å². The molecule has 11 heavy (non-hydrogen) atoms. The molecule has 0 aliphatic heterocycles. The van der Waals surface area contributed by atoms with Crippen LogP contribution in [0.3, 0.4) is 0 Å². The molecule has 0 bridgehead atoms. The molecule has 58 valence electrons. The average Bonchev–Trinajstić information content (AvgIpc) is 1.99. The van der Waals surface area contributed by atoms with Crippen LogP contribution in [0, 0.1) is 0 Å². The summed E-state index contributed by atoms with van der Waals surface area (Å²) in [5.74, 6) is -1.20. The molecule has 0 saturated carbocycles. The monoisotopic (exact) mass is 152 g/mol. The molecule has 0 fully saturated rings. The number of rotatable bonds is 1. The van der Waals surface area contributed by atoms with Gasteiger partial charge in [0.05, 0.1) is 0 Å². The predicted octanol–water partition coefficient (Wildman–Crippen LogP) is 1.45. The molecular formula is C8H8O3. The third kappa shape index (κ3) is 1.26. The molecule has 3 nitrogen and oxygen atoms in total. The van der Waals surface area contributed by atoms with E-state index >= 15 is 0 Å². The van der Waals surface area contributed by atoms with Crippen molar-refractivity contribution < 1.29 is 15.3 Å². The first kappa shape index (κ1) is 7.47. The zero-order valence-corrected chi connectivity index (χ0v) is 5.78. The van der Waals surface area contributed by atoms with Gasteiger partial charge in [-0.05, 0) is 17.7 Å². The zero-order valence-electron chi connectivity index (χ0n) is 5.78. The van der Waals surface area contributed by atoms with Crippen LogP contribution in [-0.4, -0.2) is 15.3 Å². The van der Waals surface area contributed by atoms with Crippen molar-refractivity contribution in [3.63, 3.8) is 0 Å². The minimum atomic E-state index is -0.504. The Hall–Kier alpha value is -1.64. The molecule has 0 aliphatic carbocycles. The van der Waals surface area contributed by atoms with Crippen LogP contribution < -0.4 is 0 Å². The minimum absolute atomic E-state index is 0.347. The molecule has 0 atom stereocenters. The Morgan fingerprint density at radius 1 is 1.09 bits per heavy atom. The summed E-state index contributed by atoms with van der Waals surface area (Å²) in [6.07, 6.45) is 1.46. The van der Waals surface area contributed by atoms with Crippen molar-refractivity contribution in [2.24, 2.45) is 0 Å². The van der Waals surface area contributed by atoms with Gasteiger partial charge >= 0.3 is 0 Å². The van der Waals surface area contributed by atoms with Crippen molar-refractivity contribution in [3.8, 4) is 17.2 Å². The summed E-state index contributed by atoms with van der Waals surface area (Å²) in [4.78, 5) is 0. The largest absolute Gasteiger partial charge is 0.504 e. The Morgan fingerprint density at radius 2 is 1.55 bits per heavy atom. The van der Waals surface area contributed by atoms with Gasteiger partial charge in [0.25, 0.3) is 0 Å². The number of phenolic OH excluding ortho intramolecular Hbond substituents is 3. The molecule has 0 saturated heterocycles. The van der Waals surface area contributed by atoms with Crippen molar-refractivity contribution in [3.05, 3.63) is 24.3 Å². The van der Waals surface area contributed by atoms with E-state index in [4.69, 9.17) is 15.3 Å². The van der Waals surface area contributed by atoms with Crippen molar-refractivity contribution in [1.29, 1.82) is 0 Å². The Labute approximate surface area is 63.9 Å². The fourth-order valence-corrected chi connectivity index (χ4v) is 0.743. The number of phenols is 3. The second-order valence-electron chi connectivity index (χ2n) is 2.11. The number of benzene rings is 1. The van der Waals surface area contributed by atoms with Crippen LogP contribution in [-0.2, 0) is 0 Å². The Kier molecular flexibility index (Phi) is 1.72. The molecule has 0 radical (unpaired) electrons. The Morgan fingerprint density at radius 3 is 1.91 bits per heavy atom. The van der Waals surface area contributed by atoms with E-state index in [-0.39, 0.29) is 11.5 Å². The molecule has 0 heterocycles.